The summed E-state index contributed by atoms with van der Waals surface area (Å²) in [5.41, 5.74) is 1.67. The van der Waals surface area contributed by atoms with E-state index in [4.69, 9.17) is 9.47 Å². The fraction of sp³-hybridized carbons (Fsp3) is 0.227. The molecule has 0 saturated carbocycles. The number of ether oxygens (including phenoxy) is 2. The van der Waals surface area contributed by atoms with Gasteiger partial charge in [0, 0.05) is 6.54 Å². The molecule has 3 rings (SSSR count). The second-order valence-electron chi connectivity index (χ2n) is 6.42. The number of rotatable bonds is 8. The van der Waals surface area contributed by atoms with Gasteiger partial charge in [-0.1, -0.05) is 30.0 Å². The third-order valence-corrected chi connectivity index (χ3v) is 5.59. The zero-order valence-corrected chi connectivity index (χ0v) is 17.6. The number of carbonyl (C=O) groups excluding carboxylic acids is 1. The molecule has 30 heavy (non-hydrogen) atoms. The van der Waals surface area contributed by atoms with Gasteiger partial charge in [0.25, 0.3) is 0 Å². The van der Waals surface area contributed by atoms with Gasteiger partial charge in [-0.3, -0.25) is 9.69 Å². The number of thioether (sulfide) groups is 1. The maximum atomic E-state index is 13.1. The number of methoxy groups -OCH3 is 2. The number of halogens is 1. The third kappa shape index (κ3) is 5.07. The molecule has 2 aromatic rings. The summed E-state index contributed by atoms with van der Waals surface area (Å²) in [6.07, 6.45) is 3.71. The highest BCUT2D eigenvalue weighted by Crippen LogP contribution is 2.30. The van der Waals surface area contributed by atoms with E-state index in [0.717, 1.165) is 11.1 Å². The van der Waals surface area contributed by atoms with Crippen LogP contribution < -0.4 is 9.47 Å². The number of amidine groups is 1. The van der Waals surface area contributed by atoms with Gasteiger partial charge in [0.2, 0.25) is 5.91 Å². The minimum atomic E-state index is -0.342. The van der Waals surface area contributed by atoms with Crippen LogP contribution >= 0.6 is 11.8 Å². The van der Waals surface area contributed by atoms with Crippen molar-refractivity contribution in [2.75, 3.05) is 20.8 Å². The molecule has 156 valence electrons. The summed E-state index contributed by atoms with van der Waals surface area (Å²) in [6.45, 7) is 4.05. The van der Waals surface area contributed by atoms with Gasteiger partial charge in [0.05, 0.1) is 25.7 Å². The molecule has 0 radical (unpaired) electrons. The lowest BCUT2D eigenvalue weighted by atomic mass is 10.1. The topological polar surface area (TPSA) is 63.5 Å². The van der Waals surface area contributed by atoms with Crippen LogP contribution in [0.15, 0.2) is 65.3 Å². The van der Waals surface area contributed by atoms with E-state index >= 15 is 0 Å². The normalized spacial score (nSPS) is 17.7. The van der Waals surface area contributed by atoms with Crippen molar-refractivity contribution in [3.05, 3.63) is 72.1 Å². The van der Waals surface area contributed by atoms with E-state index in [1.165, 1.54) is 23.9 Å². The summed E-state index contributed by atoms with van der Waals surface area (Å²) in [7, 11) is 3.14. The second-order valence-corrected chi connectivity index (χ2v) is 7.59. The van der Waals surface area contributed by atoms with Gasteiger partial charge < -0.3 is 9.47 Å². The summed E-state index contributed by atoms with van der Waals surface area (Å²) in [5, 5.41) is 8.55. The fourth-order valence-corrected chi connectivity index (χ4v) is 4.07. The van der Waals surface area contributed by atoms with Crippen LogP contribution in [0.2, 0.25) is 0 Å². The lowest BCUT2D eigenvalue weighted by Crippen LogP contribution is -2.32. The summed E-state index contributed by atoms with van der Waals surface area (Å²) in [6, 6.07) is 11.6. The molecule has 1 fully saturated rings. The van der Waals surface area contributed by atoms with E-state index in [0.29, 0.717) is 29.6 Å². The smallest absolute Gasteiger partial charge is 0.242 e. The Morgan fingerprint density at radius 2 is 1.90 bits per heavy atom. The molecule has 1 amide bonds. The molecule has 1 atom stereocenters. The van der Waals surface area contributed by atoms with Crippen molar-refractivity contribution in [2.45, 2.75) is 11.7 Å². The fourth-order valence-electron chi connectivity index (χ4n) is 2.93. The zero-order valence-electron chi connectivity index (χ0n) is 16.7. The molecule has 1 aliphatic rings. The first-order valence-electron chi connectivity index (χ1n) is 9.22. The molecule has 1 saturated heterocycles. The van der Waals surface area contributed by atoms with Crippen LogP contribution in [0, 0.1) is 5.82 Å². The van der Waals surface area contributed by atoms with Crippen LogP contribution in [0.5, 0.6) is 11.5 Å². The first-order valence-corrected chi connectivity index (χ1v) is 10.1. The second kappa shape index (κ2) is 10.1. The largest absolute Gasteiger partial charge is 0.493 e. The highest BCUT2D eigenvalue weighted by molar-refractivity contribution is 8.15. The van der Waals surface area contributed by atoms with E-state index in [2.05, 4.69) is 16.8 Å². The Morgan fingerprint density at radius 1 is 1.17 bits per heavy atom. The molecule has 6 nitrogen and oxygen atoms in total. The molecule has 0 N–H and O–H groups in total. The maximum absolute atomic E-state index is 13.1. The van der Waals surface area contributed by atoms with Gasteiger partial charge >= 0.3 is 0 Å². The Kier molecular flexibility index (Phi) is 7.24. The van der Waals surface area contributed by atoms with Crippen LogP contribution in [0.4, 0.5) is 4.39 Å². The monoisotopic (exact) mass is 427 g/mol. The first-order chi connectivity index (χ1) is 14.5. The summed E-state index contributed by atoms with van der Waals surface area (Å²) in [4.78, 5) is 14.3. The molecule has 8 heteroatoms. The Labute approximate surface area is 179 Å². The Hall–Kier alpha value is -3.13. The number of carbonyl (C=O) groups is 1. The lowest BCUT2D eigenvalue weighted by Gasteiger charge is -2.12. The van der Waals surface area contributed by atoms with E-state index in [9.17, 15) is 9.18 Å². The van der Waals surface area contributed by atoms with Crippen LogP contribution in [-0.4, -0.2) is 48.2 Å². The Balaban J connectivity index is 1.76. The van der Waals surface area contributed by atoms with Gasteiger partial charge in [-0.25, -0.2) is 4.39 Å². The van der Waals surface area contributed by atoms with Crippen molar-refractivity contribution in [3.8, 4) is 11.5 Å². The van der Waals surface area contributed by atoms with E-state index < -0.39 is 0 Å². The summed E-state index contributed by atoms with van der Waals surface area (Å²) in [5.74, 6) is 0.847. The quantitative estimate of drug-likeness (QED) is 0.364. The molecule has 0 unspecified atom stereocenters. The number of nitrogens with zero attached hydrogens (tertiary/aromatic N) is 3. The number of hydrogen-bond donors (Lipinski definition) is 0. The predicted octanol–water partition coefficient (Wildman–Crippen LogP) is 3.91. The van der Waals surface area contributed by atoms with Crippen molar-refractivity contribution in [1.29, 1.82) is 0 Å². The van der Waals surface area contributed by atoms with Gasteiger partial charge in [-0.2, -0.15) is 5.10 Å². The average Bonchev–Trinajstić information content (AvgIpc) is 3.04. The van der Waals surface area contributed by atoms with Crippen molar-refractivity contribution < 1.29 is 18.7 Å². The maximum Gasteiger partial charge on any atom is 0.242 e. The van der Waals surface area contributed by atoms with Crippen molar-refractivity contribution in [2.24, 2.45) is 10.2 Å². The summed E-state index contributed by atoms with van der Waals surface area (Å²) >= 11 is 1.34. The lowest BCUT2D eigenvalue weighted by molar-refractivity contribution is -0.125. The molecular weight excluding hydrogens is 405 g/mol. The predicted molar refractivity (Wildman–Crippen MR) is 118 cm³/mol. The van der Waals surface area contributed by atoms with E-state index in [1.807, 2.05) is 6.07 Å². The summed E-state index contributed by atoms with van der Waals surface area (Å²) < 4.78 is 23.6. The number of hydrogen-bond acceptors (Lipinski definition) is 6. The standard InChI is InChI=1S/C22H22FN3O3S/c1-4-11-26-21(27)20(13-15-5-8-17(23)9-6-15)30-22(26)25-24-14-16-7-10-18(28-2)19(12-16)29-3/h4-10,12,14,20H,1,11,13H2,2-3H3/b24-14-,25-22-/t20-/m0/s1. The Morgan fingerprint density at radius 3 is 2.57 bits per heavy atom. The zero-order chi connectivity index (χ0) is 21.5. The van der Waals surface area contributed by atoms with Crippen LogP contribution in [0.1, 0.15) is 11.1 Å². The van der Waals surface area contributed by atoms with Crippen molar-refractivity contribution >= 4 is 29.1 Å². The van der Waals surface area contributed by atoms with E-state index in [-0.39, 0.29) is 17.0 Å². The van der Waals surface area contributed by atoms with Gasteiger partial charge in [-0.15, -0.1) is 11.7 Å². The van der Waals surface area contributed by atoms with Gasteiger partial charge in [0.15, 0.2) is 16.7 Å². The number of benzene rings is 2. The molecule has 0 aliphatic carbocycles. The molecule has 2 aromatic carbocycles. The average molecular weight is 428 g/mol. The van der Waals surface area contributed by atoms with Gasteiger partial charge in [0.1, 0.15) is 5.82 Å². The van der Waals surface area contributed by atoms with Crippen LogP contribution in [0.25, 0.3) is 0 Å². The third-order valence-electron chi connectivity index (χ3n) is 4.42. The van der Waals surface area contributed by atoms with E-state index in [1.54, 1.807) is 55.7 Å². The highest BCUT2D eigenvalue weighted by atomic mass is 32.2. The van der Waals surface area contributed by atoms with Crippen molar-refractivity contribution in [1.82, 2.24) is 4.90 Å². The molecule has 0 aromatic heterocycles. The van der Waals surface area contributed by atoms with Gasteiger partial charge in [-0.05, 0) is 47.9 Å². The van der Waals surface area contributed by atoms with Crippen LogP contribution in [-0.2, 0) is 11.2 Å². The minimum Gasteiger partial charge on any atom is -0.493 e. The molecule has 1 heterocycles. The minimum absolute atomic E-state index is 0.0655. The molecule has 0 spiro atoms. The van der Waals surface area contributed by atoms with Crippen molar-refractivity contribution in [3.63, 3.8) is 0 Å². The molecule has 1 aliphatic heterocycles. The highest BCUT2D eigenvalue weighted by Gasteiger charge is 2.37. The first kappa shape index (κ1) is 21.6. The SMILES string of the molecule is C=CCN1C(=O)[C@H](Cc2ccc(F)cc2)S/C1=N\N=C/c1ccc(OC)c(OC)c1. The Bertz CT molecular complexity index is 976. The number of amides is 1. The van der Waals surface area contributed by atoms with Crippen LogP contribution in [0.3, 0.4) is 0 Å². The molecule has 0 bridgehead atoms. The molecular formula is C22H22FN3O3S.